The van der Waals surface area contributed by atoms with Crippen LogP contribution in [0.4, 0.5) is 5.69 Å². The van der Waals surface area contributed by atoms with Crippen LogP contribution in [-0.4, -0.2) is 39.3 Å². The molecule has 0 bridgehead atoms. The molecule has 170 valence electrons. The average Bonchev–Trinajstić information content (AvgIpc) is 2.93. The van der Waals surface area contributed by atoms with Crippen LogP contribution in [-0.2, 0) is 16.6 Å². The van der Waals surface area contributed by atoms with Crippen LogP contribution in [0.25, 0.3) is 0 Å². The third kappa shape index (κ3) is 3.75. The van der Waals surface area contributed by atoms with Crippen LogP contribution in [0.1, 0.15) is 47.2 Å². The molecule has 2 aliphatic carbocycles. The minimum Gasteiger partial charge on any atom is -0.490 e. The van der Waals surface area contributed by atoms with Gasteiger partial charge in [0, 0.05) is 23.5 Å². The summed E-state index contributed by atoms with van der Waals surface area (Å²) in [5, 5.41) is 0.790. The van der Waals surface area contributed by atoms with Crippen LogP contribution >= 0.6 is 11.6 Å². The van der Waals surface area contributed by atoms with Gasteiger partial charge >= 0.3 is 5.97 Å². The van der Waals surface area contributed by atoms with Gasteiger partial charge in [0.2, 0.25) is 0 Å². The number of benzene rings is 2. The second kappa shape index (κ2) is 8.60. The van der Waals surface area contributed by atoms with Crippen molar-refractivity contribution in [2.45, 2.75) is 37.5 Å². The van der Waals surface area contributed by atoms with Crippen LogP contribution in [0.3, 0.4) is 0 Å². The van der Waals surface area contributed by atoms with Crippen LogP contribution in [0.5, 0.6) is 5.75 Å². The molecule has 0 unspecified atom stereocenters. The van der Waals surface area contributed by atoms with E-state index in [0.717, 1.165) is 55.4 Å². The molecular weight excluding hydrogens is 424 g/mol. The standard InChI is InChI=1S/C26H31ClN2O3/c1-31-25(30)18-6-9-24-23(12-18)29(14-20-5-4-19(20)13-28)15-26(16-32-24)10-2-3-17-11-21(27)7-8-22(17)26/h6-9,11-12,19-20H,2-5,10,13-16,28H2,1H3/t19-,20-,26-/m0/s1. The van der Waals surface area contributed by atoms with Crippen molar-refractivity contribution in [3.05, 3.63) is 58.1 Å². The Bertz CT molecular complexity index is 1020. The van der Waals surface area contributed by atoms with Gasteiger partial charge in [-0.15, -0.1) is 0 Å². The lowest BCUT2D eigenvalue weighted by Crippen LogP contribution is -2.49. The maximum absolute atomic E-state index is 12.3. The summed E-state index contributed by atoms with van der Waals surface area (Å²) in [6.07, 6.45) is 5.64. The number of rotatable bonds is 4. The van der Waals surface area contributed by atoms with Gasteiger partial charge in [-0.3, -0.25) is 0 Å². The van der Waals surface area contributed by atoms with E-state index in [9.17, 15) is 4.79 Å². The fourth-order valence-corrected chi connectivity index (χ4v) is 6.03. The number of nitrogens with two attached hydrogens (primary N) is 1. The lowest BCUT2D eigenvalue weighted by atomic mass is 9.69. The van der Waals surface area contributed by atoms with Crippen LogP contribution in [0, 0.1) is 11.8 Å². The van der Waals surface area contributed by atoms with Crippen LogP contribution in [0.2, 0.25) is 5.02 Å². The Morgan fingerprint density at radius 1 is 1.25 bits per heavy atom. The number of nitrogens with zero attached hydrogens (tertiary/aromatic N) is 1. The molecule has 5 rings (SSSR count). The number of anilines is 1. The Labute approximate surface area is 194 Å². The SMILES string of the molecule is COC(=O)c1ccc2c(c1)N(C[C@@H]1CC[C@H]1CN)C[C@@]1(CCCc3cc(Cl)ccc31)CO2. The van der Waals surface area contributed by atoms with E-state index in [1.165, 1.54) is 31.1 Å². The summed E-state index contributed by atoms with van der Waals surface area (Å²) in [7, 11) is 1.42. The van der Waals surface area contributed by atoms with Gasteiger partial charge in [-0.1, -0.05) is 17.7 Å². The van der Waals surface area contributed by atoms with Gasteiger partial charge in [0.15, 0.2) is 0 Å². The normalized spacial score (nSPS) is 26.4. The number of ether oxygens (including phenoxy) is 2. The van der Waals surface area contributed by atoms with Gasteiger partial charge in [-0.2, -0.15) is 0 Å². The first-order valence-corrected chi connectivity index (χ1v) is 12.0. The third-order valence-electron chi connectivity index (χ3n) is 7.79. The molecule has 6 heteroatoms. The Balaban J connectivity index is 1.56. The highest BCUT2D eigenvalue weighted by Crippen LogP contribution is 2.46. The van der Waals surface area contributed by atoms with E-state index in [2.05, 4.69) is 17.0 Å². The molecule has 3 atom stereocenters. The highest BCUT2D eigenvalue weighted by molar-refractivity contribution is 6.30. The van der Waals surface area contributed by atoms with Crippen molar-refractivity contribution >= 4 is 23.3 Å². The Morgan fingerprint density at radius 3 is 2.84 bits per heavy atom. The highest BCUT2D eigenvalue weighted by Gasteiger charge is 2.43. The Morgan fingerprint density at radius 2 is 2.09 bits per heavy atom. The lowest BCUT2D eigenvalue weighted by Gasteiger charge is -2.44. The summed E-state index contributed by atoms with van der Waals surface area (Å²) in [6, 6.07) is 12.0. The molecule has 1 aliphatic heterocycles. The Kier molecular flexibility index (Phi) is 5.81. The molecule has 0 amide bonds. The zero-order chi connectivity index (χ0) is 22.3. The molecule has 32 heavy (non-hydrogen) atoms. The summed E-state index contributed by atoms with van der Waals surface area (Å²) < 4.78 is 11.4. The molecule has 1 spiro atoms. The van der Waals surface area contributed by atoms with Gasteiger partial charge in [0.1, 0.15) is 5.75 Å². The first-order valence-electron chi connectivity index (χ1n) is 11.6. The molecule has 0 aromatic heterocycles. The van der Waals surface area contributed by atoms with Gasteiger partial charge in [0.25, 0.3) is 0 Å². The zero-order valence-corrected chi connectivity index (χ0v) is 19.4. The minimum atomic E-state index is -0.326. The van der Waals surface area contributed by atoms with Gasteiger partial charge in [-0.05, 0) is 91.9 Å². The summed E-state index contributed by atoms with van der Waals surface area (Å²) in [5.74, 6) is 1.64. The maximum Gasteiger partial charge on any atom is 0.337 e. The minimum absolute atomic E-state index is 0.107. The average molecular weight is 455 g/mol. The topological polar surface area (TPSA) is 64.8 Å². The first-order chi connectivity index (χ1) is 15.5. The molecule has 5 nitrogen and oxygen atoms in total. The van der Waals surface area contributed by atoms with E-state index >= 15 is 0 Å². The van der Waals surface area contributed by atoms with Crippen molar-refractivity contribution in [1.29, 1.82) is 0 Å². The van der Waals surface area contributed by atoms with Crippen molar-refractivity contribution in [3.8, 4) is 5.75 Å². The van der Waals surface area contributed by atoms with E-state index in [1.54, 1.807) is 6.07 Å². The number of hydrogen-bond acceptors (Lipinski definition) is 5. The number of halogens is 1. The number of hydrogen-bond donors (Lipinski definition) is 1. The van der Waals surface area contributed by atoms with Gasteiger partial charge in [0.05, 0.1) is 25.0 Å². The third-order valence-corrected chi connectivity index (χ3v) is 8.03. The predicted molar refractivity (Wildman–Crippen MR) is 127 cm³/mol. The summed E-state index contributed by atoms with van der Waals surface area (Å²) >= 11 is 6.33. The second-order valence-corrected chi connectivity index (χ2v) is 10.0. The van der Waals surface area contributed by atoms with Gasteiger partial charge in [-0.25, -0.2) is 4.79 Å². The summed E-state index contributed by atoms with van der Waals surface area (Å²) in [4.78, 5) is 14.7. The van der Waals surface area contributed by atoms with Crippen molar-refractivity contribution in [2.24, 2.45) is 17.6 Å². The van der Waals surface area contributed by atoms with E-state index in [4.69, 9.17) is 26.8 Å². The molecule has 0 radical (unpaired) electrons. The van der Waals surface area contributed by atoms with Crippen LogP contribution in [0.15, 0.2) is 36.4 Å². The van der Waals surface area contributed by atoms with Crippen molar-refractivity contribution < 1.29 is 14.3 Å². The fourth-order valence-electron chi connectivity index (χ4n) is 5.83. The van der Waals surface area contributed by atoms with E-state index < -0.39 is 0 Å². The quantitative estimate of drug-likeness (QED) is 0.685. The molecule has 0 saturated heterocycles. The molecule has 2 aromatic carbocycles. The number of carbonyl (C=O) groups is 1. The van der Waals surface area contributed by atoms with Crippen molar-refractivity contribution in [2.75, 3.05) is 38.3 Å². The number of aryl methyl sites for hydroxylation is 1. The molecule has 2 N–H and O–H groups in total. The molecule has 2 aromatic rings. The second-order valence-electron chi connectivity index (χ2n) is 9.61. The number of methoxy groups -OCH3 is 1. The monoisotopic (exact) mass is 454 g/mol. The lowest BCUT2D eigenvalue weighted by molar-refractivity contribution is 0.0600. The molecule has 3 aliphatic rings. The van der Waals surface area contributed by atoms with Crippen molar-refractivity contribution in [1.82, 2.24) is 0 Å². The van der Waals surface area contributed by atoms with E-state index in [0.29, 0.717) is 24.0 Å². The largest absolute Gasteiger partial charge is 0.490 e. The molecule has 1 heterocycles. The van der Waals surface area contributed by atoms with Crippen LogP contribution < -0.4 is 15.4 Å². The summed E-state index contributed by atoms with van der Waals surface area (Å²) in [5.41, 5.74) is 10.1. The number of fused-ring (bicyclic) bond motifs is 3. The van der Waals surface area contributed by atoms with E-state index in [1.807, 2.05) is 18.2 Å². The maximum atomic E-state index is 12.3. The summed E-state index contributed by atoms with van der Waals surface area (Å²) in [6.45, 7) is 3.13. The molecule has 1 saturated carbocycles. The molecular formula is C26H31ClN2O3. The Hall–Kier alpha value is -2.24. The first kappa shape index (κ1) is 21.6. The van der Waals surface area contributed by atoms with Crippen molar-refractivity contribution in [3.63, 3.8) is 0 Å². The number of esters is 1. The smallest absolute Gasteiger partial charge is 0.337 e. The van der Waals surface area contributed by atoms with E-state index in [-0.39, 0.29) is 11.4 Å². The fraction of sp³-hybridized carbons (Fsp3) is 0.500. The number of carbonyl (C=O) groups excluding carboxylic acids is 1. The molecule has 1 fully saturated rings. The highest BCUT2D eigenvalue weighted by atomic mass is 35.5. The zero-order valence-electron chi connectivity index (χ0n) is 18.6. The van der Waals surface area contributed by atoms with Gasteiger partial charge < -0.3 is 20.1 Å². The predicted octanol–water partition coefficient (Wildman–Crippen LogP) is 4.58.